The fourth-order valence-corrected chi connectivity index (χ4v) is 2.11. The Bertz CT molecular complexity index is 787. The summed E-state index contributed by atoms with van der Waals surface area (Å²) in [6, 6.07) is 16.4. The first-order chi connectivity index (χ1) is 10.7. The van der Waals surface area contributed by atoms with E-state index in [4.69, 9.17) is 16.1 Å². The van der Waals surface area contributed by atoms with Gasteiger partial charge in [0.15, 0.2) is 5.82 Å². The van der Waals surface area contributed by atoms with E-state index in [-0.39, 0.29) is 12.3 Å². The Morgan fingerprint density at radius 2 is 1.82 bits per heavy atom. The normalized spacial score (nSPS) is 10.4. The zero-order chi connectivity index (χ0) is 15.4. The van der Waals surface area contributed by atoms with Crippen molar-refractivity contribution in [1.82, 2.24) is 10.1 Å². The summed E-state index contributed by atoms with van der Waals surface area (Å²) in [4.78, 5) is 16.2. The van der Waals surface area contributed by atoms with E-state index in [1.54, 1.807) is 24.3 Å². The number of anilines is 1. The molecular weight excluding hydrogens is 302 g/mol. The number of rotatable bonds is 4. The molecule has 110 valence electrons. The summed E-state index contributed by atoms with van der Waals surface area (Å²) >= 11 is 5.99. The van der Waals surface area contributed by atoms with Gasteiger partial charge in [-0.2, -0.15) is 4.98 Å². The van der Waals surface area contributed by atoms with Gasteiger partial charge in [0.25, 0.3) is 5.89 Å². The molecule has 0 fully saturated rings. The van der Waals surface area contributed by atoms with E-state index in [9.17, 15) is 4.79 Å². The summed E-state index contributed by atoms with van der Waals surface area (Å²) in [6.45, 7) is 0. The van der Waals surface area contributed by atoms with Crippen LogP contribution in [0.25, 0.3) is 11.5 Å². The summed E-state index contributed by atoms with van der Waals surface area (Å²) in [5.74, 6) is 0.457. The van der Waals surface area contributed by atoms with E-state index in [2.05, 4.69) is 15.5 Å². The predicted molar refractivity (Wildman–Crippen MR) is 83.5 cm³/mol. The van der Waals surface area contributed by atoms with Crippen molar-refractivity contribution in [2.75, 3.05) is 5.32 Å². The van der Waals surface area contributed by atoms with Crippen molar-refractivity contribution >= 4 is 23.2 Å². The van der Waals surface area contributed by atoms with Crippen molar-refractivity contribution in [3.63, 3.8) is 0 Å². The van der Waals surface area contributed by atoms with Crippen molar-refractivity contribution in [3.05, 3.63) is 65.4 Å². The highest BCUT2D eigenvalue weighted by molar-refractivity contribution is 6.33. The second-order valence-electron chi connectivity index (χ2n) is 4.59. The van der Waals surface area contributed by atoms with Gasteiger partial charge >= 0.3 is 0 Å². The first kappa shape index (κ1) is 14.3. The number of nitrogens with one attached hydrogen (secondary N) is 1. The smallest absolute Gasteiger partial charge is 0.257 e. The van der Waals surface area contributed by atoms with E-state index in [1.807, 2.05) is 30.3 Å². The first-order valence-corrected chi connectivity index (χ1v) is 7.02. The molecule has 1 aromatic heterocycles. The molecule has 0 aliphatic carbocycles. The Kier molecular flexibility index (Phi) is 4.16. The van der Waals surface area contributed by atoms with Crippen LogP contribution in [-0.4, -0.2) is 16.0 Å². The number of amides is 1. The monoisotopic (exact) mass is 313 g/mol. The minimum atomic E-state index is -0.256. The van der Waals surface area contributed by atoms with Crippen molar-refractivity contribution in [2.24, 2.45) is 0 Å². The molecule has 1 amide bonds. The van der Waals surface area contributed by atoms with E-state index in [1.165, 1.54) is 0 Å². The number of carbonyl (C=O) groups excluding carboxylic acids is 1. The molecule has 0 spiro atoms. The maximum absolute atomic E-state index is 12.0. The maximum atomic E-state index is 12.0. The van der Waals surface area contributed by atoms with Gasteiger partial charge in [-0.25, -0.2) is 0 Å². The van der Waals surface area contributed by atoms with E-state index in [0.29, 0.717) is 22.4 Å². The van der Waals surface area contributed by atoms with E-state index >= 15 is 0 Å². The predicted octanol–water partition coefficient (Wildman–Crippen LogP) is 3.57. The molecule has 0 saturated heterocycles. The molecule has 1 heterocycles. The van der Waals surface area contributed by atoms with Crippen LogP contribution >= 0.6 is 11.6 Å². The lowest BCUT2D eigenvalue weighted by molar-refractivity contribution is -0.115. The highest BCUT2D eigenvalue weighted by atomic mass is 35.5. The van der Waals surface area contributed by atoms with Crippen molar-refractivity contribution in [3.8, 4) is 11.5 Å². The second-order valence-corrected chi connectivity index (χ2v) is 4.99. The summed E-state index contributed by atoms with van der Waals surface area (Å²) in [5, 5.41) is 7.01. The number of hydrogen-bond donors (Lipinski definition) is 1. The van der Waals surface area contributed by atoms with Crippen LogP contribution in [0.3, 0.4) is 0 Å². The van der Waals surface area contributed by atoms with Gasteiger partial charge in [-0.05, 0) is 24.3 Å². The number of carbonyl (C=O) groups is 1. The number of para-hydroxylation sites is 1. The second kappa shape index (κ2) is 6.41. The summed E-state index contributed by atoms with van der Waals surface area (Å²) in [6.07, 6.45) is 0.0154. The third-order valence-electron chi connectivity index (χ3n) is 2.96. The SMILES string of the molecule is O=C(Cc1noc(-c2ccccc2)n1)Nc1ccccc1Cl. The van der Waals surface area contributed by atoms with Gasteiger partial charge in [-0.1, -0.05) is 47.1 Å². The third-order valence-corrected chi connectivity index (χ3v) is 3.29. The van der Waals surface area contributed by atoms with E-state index in [0.717, 1.165) is 5.56 Å². The van der Waals surface area contributed by atoms with Crippen LogP contribution in [0, 0.1) is 0 Å². The molecule has 3 rings (SSSR count). The molecule has 0 saturated carbocycles. The molecule has 0 unspecified atom stereocenters. The molecule has 0 bridgehead atoms. The van der Waals surface area contributed by atoms with Crippen LogP contribution in [-0.2, 0) is 11.2 Å². The number of nitrogens with zero attached hydrogens (tertiary/aromatic N) is 2. The van der Waals surface area contributed by atoms with Gasteiger partial charge in [-0.15, -0.1) is 0 Å². The fourth-order valence-electron chi connectivity index (χ4n) is 1.92. The standard InChI is InChI=1S/C16H12ClN3O2/c17-12-8-4-5-9-13(12)18-15(21)10-14-19-16(22-20-14)11-6-2-1-3-7-11/h1-9H,10H2,(H,18,21). The largest absolute Gasteiger partial charge is 0.334 e. The number of aromatic nitrogens is 2. The Morgan fingerprint density at radius 3 is 2.59 bits per heavy atom. The molecule has 2 aromatic carbocycles. The molecule has 6 heteroatoms. The van der Waals surface area contributed by atoms with Crippen molar-refractivity contribution in [2.45, 2.75) is 6.42 Å². The van der Waals surface area contributed by atoms with Crippen molar-refractivity contribution in [1.29, 1.82) is 0 Å². The lowest BCUT2D eigenvalue weighted by atomic mass is 10.2. The van der Waals surface area contributed by atoms with Gasteiger partial charge < -0.3 is 9.84 Å². The third kappa shape index (κ3) is 3.32. The lowest BCUT2D eigenvalue weighted by Gasteiger charge is -2.04. The van der Waals surface area contributed by atoms with Gasteiger partial charge in [0.1, 0.15) is 0 Å². The summed E-state index contributed by atoms with van der Waals surface area (Å²) < 4.78 is 5.16. The van der Waals surface area contributed by atoms with Crippen LogP contribution in [0.4, 0.5) is 5.69 Å². The molecule has 0 aliphatic rings. The summed E-state index contributed by atoms with van der Waals surface area (Å²) in [5.41, 5.74) is 1.37. The lowest BCUT2D eigenvalue weighted by Crippen LogP contribution is -2.15. The van der Waals surface area contributed by atoms with Gasteiger partial charge in [0.2, 0.25) is 5.91 Å². The van der Waals surface area contributed by atoms with Gasteiger partial charge in [0, 0.05) is 5.56 Å². The van der Waals surface area contributed by atoms with Gasteiger partial charge in [0.05, 0.1) is 17.1 Å². The molecule has 0 aliphatic heterocycles. The summed E-state index contributed by atoms with van der Waals surface area (Å²) in [7, 11) is 0. The van der Waals surface area contributed by atoms with E-state index < -0.39 is 0 Å². The number of benzene rings is 2. The minimum absolute atomic E-state index is 0.0154. The zero-order valence-electron chi connectivity index (χ0n) is 11.5. The molecule has 0 atom stereocenters. The fraction of sp³-hybridized carbons (Fsp3) is 0.0625. The maximum Gasteiger partial charge on any atom is 0.257 e. The Balaban J connectivity index is 1.68. The quantitative estimate of drug-likeness (QED) is 0.799. The van der Waals surface area contributed by atoms with Crippen LogP contribution < -0.4 is 5.32 Å². The molecule has 1 N–H and O–H groups in total. The Labute approximate surface area is 131 Å². The molecule has 3 aromatic rings. The molecular formula is C16H12ClN3O2. The number of hydrogen-bond acceptors (Lipinski definition) is 4. The molecule has 5 nitrogen and oxygen atoms in total. The topological polar surface area (TPSA) is 68.0 Å². The van der Waals surface area contributed by atoms with Crippen LogP contribution in [0.2, 0.25) is 5.02 Å². The Morgan fingerprint density at radius 1 is 1.09 bits per heavy atom. The van der Waals surface area contributed by atoms with Gasteiger partial charge in [-0.3, -0.25) is 4.79 Å². The Hall–Kier alpha value is -2.66. The first-order valence-electron chi connectivity index (χ1n) is 6.65. The zero-order valence-corrected chi connectivity index (χ0v) is 12.2. The average Bonchev–Trinajstić information content (AvgIpc) is 2.99. The minimum Gasteiger partial charge on any atom is -0.334 e. The molecule has 22 heavy (non-hydrogen) atoms. The molecule has 0 radical (unpaired) electrons. The van der Waals surface area contributed by atoms with Crippen LogP contribution in [0.5, 0.6) is 0 Å². The van der Waals surface area contributed by atoms with Crippen molar-refractivity contribution < 1.29 is 9.32 Å². The van der Waals surface area contributed by atoms with Crippen LogP contribution in [0.15, 0.2) is 59.1 Å². The number of halogens is 1. The highest BCUT2D eigenvalue weighted by Crippen LogP contribution is 2.21. The van der Waals surface area contributed by atoms with Crippen LogP contribution in [0.1, 0.15) is 5.82 Å². The highest BCUT2D eigenvalue weighted by Gasteiger charge is 2.13. The average molecular weight is 314 g/mol.